The van der Waals surface area contributed by atoms with Gasteiger partial charge < -0.3 is 10.4 Å². The fourth-order valence-electron chi connectivity index (χ4n) is 3.54. The molecule has 0 bridgehead atoms. The summed E-state index contributed by atoms with van der Waals surface area (Å²) in [5.74, 6) is -0.459. The number of carbonyl (C=O) groups is 1. The number of nitrogens with one attached hydrogen (secondary N) is 1. The average molecular weight is 403 g/mol. The number of halogens is 1. The molecule has 1 unspecified atom stereocenters. The summed E-state index contributed by atoms with van der Waals surface area (Å²) in [4.78, 5) is 12.5. The number of phenols is 1. The van der Waals surface area contributed by atoms with Gasteiger partial charge in [0.2, 0.25) is 0 Å². The standard InChI is InChI=1S/C26H26FNO2/c1-2-19-15-16-24(27)21(17-19)11-8-12-22(20-9-4-3-5-10-20)18-28-26(30)23-13-6-7-14-25(23)29/h2-7,9-10,13-17,22,29H,1,8,11-12,18H2,(H,28,30). The molecule has 3 aromatic carbocycles. The van der Waals surface area contributed by atoms with E-state index >= 15 is 0 Å². The van der Waals surface area contributed by atoms with Crippen molar-refractivity contribution in [2.45, 2.75) is 25.2 Å². The third kappa shape index (κ3) is 5.57. The van der Waals surface area contributed by atoms with Crippen molar-refractivity contribution in [3.63, 3.8) is 0 Å². The highest BCUT2D eigenvalue weighted by atomic mass is 19.1. The quantitative estimate of drug-likeness (QED) is 0.481. The highest BCUT2D eigenvalue weighted by Gasteiger charge is 2.16. The summed E-state index contributed by atoms with van der Waals surface area (Å²) in [6, 6.07) is 21.5. The van der Waals surface area contributed by atoms with Crippen LogP contribution in [0.15, 0.2) is 79.4 Å². The monoisotopic (exact) mass is 403 g/mol. The minimum Gasteiger partial charge on any atom is -0.507 e. The molecule has 0 spiro atoms. The summed E-state index contributed by atoms with van der Waals surface area (Å²) in [5.41, 5.74) is 2.96. The zero-order valence-electron chi connectivity index (χ0n) is 16.9. The van der Waals surface area contributed by atoms with Crippen molar-refractivity contribution >= 4 is 12.0 Å². The van der Waals surface area contributed by atoms with E-state index in [1.807, 2.05) is 36.4 Å². The van der Waals surface area contributed by atoms with Crippen LogP contribution in [-0.4, -0.2) is 17.6 Å². The van der Waals surface area contributed by atoms with Crippen molar-refractivity contribution in [3.8, 4) is 5.75 Å². The SMILES string of the molecule is C=Cc1ccc(F)c(CCCC(CNC(=O)c2ccccc2O)c2ccccc2)c1. The maximum atomic E-state index is 14.1. The average Bonchev–Trinajstić information content (AvgIpc) is 2.78. The van der Waals surface area contributed by atoms with Crippen LogP contribution in [0.1, 0.15) is 45.8 Å². The second kappa shape index (κ2) is 10.4. The number of hydrogen-bond donors (Lipinski definition) is 2. The topological polar surface area (TPSA) is 49.3 Å². The fraction of sp³-hybridized carbons (Fsp3) is 0.192. The molecule has 30 heavy (non-hydrogen) atoms. The van der Waals surface area contributed by atoms with Crippen LogP contribution in [0.4, 0.5) is 4.39 Å². The van der Waals surface area contributed by atoms with Gasteiger partial charge in [-0.1, -0.05) is 61.2 Å². The third-order valence-corrected chi connectivity index (χ3v) is 5.23. The predicted molar refractivity (Wildman–Crippen MR) is 119 cm³/mol. The van der Waals surface area contributed by atoms with E-state index in [0.29, 0.717) is 18.5 Å². The normalized spacial score (nSPS) is 11.6. The Kier molecular flexibility index (Phi) is 7.39. The molecule has 0 aromatic heterocycles. The van der Waals surface area contributed by atoms with Crippen molar-refractivity contribution in [1.29, 1.82) is 0 Å². The van der Waals surface area contributed by atoms with E-state index < -0.39 is 0 Å². The Hall–Kier alpha value is -3.40. The van der Waals surface area contributed by atoms with Crippen LogP contribution in [0.5, 0.6) is 5.75 Å². The van der Waals surface area contributed by atoms with Crippen LogP contribution >= 0.6 is 0 Å². The molecule has 0 saturated carbocycles. The van der Waals surface area contributed by atoms with Gasteiger partial charge in [0, 0.05) is 12.5 Å². The molecule has 0 aliphatic rings. The Bertz CT molecular complexity index is 1000. The first-order valence-electron chi connectivity index (χ1n) is 10.1. The van der Waals surface area contributed by atoms with E-state index in [0.717, 1.165) is 24.0 Å². The molecule has 2 N–H and O–H groups in total. The minimum absolute atomic E-state index is 0.0381. The third-order valence-electron chi connectivity index (χ3n) is 5.23. The Labute approximate surface area is 176 Å². The van der Waals surface area contributed by atoms with Gasteiger partial charge in [0.1, 0.15) is 11.6 Å². The smallest absolute Gasteiger partial charge is 0.255 e. The lowest BCUT2D eigenvalue weighted by molar-refractivity contribution is 0.0948. The minimum atomic E-state index is -0.307. The molecule has 0 aliphatic carbocycles. The Balaban J connectivity index is 1.65. The molecule has 3 aromatic rings. The lowest BCUT2D eigenvalue weighted by Gasteiger charge is -2.19. The number of aromatic hydroxyl groups is 1. The van der Waals surface area contributed by atoms with Crippen molar-refractivity contribution in [3.05, 3.63) is 107 Å². The van der Waals surface area contributed by atoms with E-state index in [2.05, 4.69) is 11.9 Å². The zero-order valence-corrected chi connectivity index (χ0v) is 16.9. The van der Waals surface area contributed by atoms with E-state index in [1.54, 1.807) is 30.3 Å². The molecule has 3 nitrogen and oxygen atoms in total. The summed E-state index contributed by atoms with van der Waals surface area (Å²) in [5, 5.41) is 12.8. The number of amides is 1. The molecular weight excluding hydrogens is 377 g/mol. The van der Waals surface area contributed by atoms with Gasteiger partial charge in [-0.2, -0.15) is 0 Å². The first-order chi connectivity index (χ1) is 14.6. The van der Waals surface area contributed by atoms with Gasteiger partial charge in [0.15, 0.2) is 0 Å². The Morgan fingerprint density at radius 2 is 1.80 bits per heavy atom. The van der Waals surface area contributed by atoms with Crippen LogP contribution in [0.3, 0.4) is 0 Å². The largest absolute Gasteiger partial charge is 0.507 e. The van der Waals surface area contributed by atoms with E-state index in [-0.39, 0.29) is 29.0 Å². The highest BCUT2D eigenvalue weighted by Crippen LogP contribution is 2.23. The first kappa shape index (κ1) is 21.3. The van der Waals surface area contributed by atoms with Crippen LogP contribution in [0.25, 0.3) is 6.08 Å². The molecule has 0 saturated heterocycles. The molecule has 154 valence electrons. The second-order valence-corrected chi connectivity index (χ2v) is 7.28. The number of carbonyl (C=O) groups excluding carboxylic acids is 1. The summed E-state index contributed by atoms with van der Waals surface area (Å²) in [6.45, 7) is 4.18. The van der Waals surface area contributed by atoms with Crippen LogP contribution in [-0.2, 0) is 6.42 Å². The number of benzene rings is 3. The van der Waals surface area contributed by atoms with Gasteiger partial charge in [-0.15, -0.1) is 0 Å². The van der Waals surface area contributed by atoms with Gasteiger partial charge in [-0.25, -0.2) is 4.39 Å². The fourth-order valence-corrected chi connectivity index (χ4v) is 3.54. The van der Waals surface area contributed by atoms with Crippen molar-refractivity contribution in [2.24, 2.45) is 0 Å². The summed E-state index contributed by atoms with van der Waals surface area (Å²) < 4.78 is 14.1. The molecular formula is C26H26FNO2. The number of rotatable bonds is 9. The van der Waals surface area contributed by atoms with Crippen LogP contribution in [0, 0.1) is 5.82 Å². The number of aryl methyl sites for hydroxylation is 1. The summed E-state index contributed by atoms with van der Waals surface area (Å²) in [7, 11) is 0. The van der Waals surface area contributed by atoms with E-state index in [4.69, 9.17) is 0 Å². The molecule has 4 heteroatoms. The Morgan fingerprint density at radius 3 is 2.53 bits per heavy atom. The van der Waals surface area contributed by atoms with Crippen LogP contribution < -0.4 is 5.32 Å². The summed E-state index contributed by atoms with van der Waals surface area (Å²) >= 11 is 0. The second-order valence-electron chi connectivity index (χ2n) is 7.28. The zero-order chi connectivity index (χ0) is 21.3. The van der Waals surface area contributed by atoms with Gasteiger partial charge in [-0.3, -0.25) is 4.79 Å². The number of phenolic OH excluding ortho intramolecular Hbond substituents is 1. The molecule has 0 radical (unpaired) electrons. The van der Waals surface area contributed by atoms with Crippen molar-refractivity contribution < 1.29 is 14.3 Å². The maximum absolute atomic E-state index is 14.1. The molecule has 1 atom stereocenters. The molecule has 0 aliphatic heterocycles. The molecule has 0 fully saturated rings. The van der Waals surface area contributed by atoms with Gasteiger partial charge >= 0.3 is 0 Å². The van der Waals surface area contributed by atoms with Crippen molar-refractivity contribution in [1.82, 2.24) is 5.32 Å². The predicted octanol–water partition coefficient (Wildman–Crippen LogP) is 5.71. The number of hydrogen-bond acceptors (Lipinski definition) is 2. The van der Waals surface area contributed by atoms with Gasteiger partial charge in [0.05, 0.1) is 5.56 Å². The molecule has 0 heterocycles. The lowest BCUT2D eigenvalue weighted by atomic mass is 9.92. The van der Waals surface area contributed by atoms with E-state index in [9.17, 15) is 14.3 Å². The van der Waals surface area contributed by atoms with Crippen molar-refractivity contribution in [2.75, 3.05) is 6.54 Å². The summed E-state index contributed by atoms with van der Waals surface area (Å²) in [6.07, 6.45) is 3.90. The first-order valence-corrected chi connectivity index (χ1v) is 10.1. The van der Waals surface area contributed by atoms with E-state index in [1.165, 1.54) is 12.1 Å². The number of para-hydroxylation sites is 1. The maximum Gasteiger partial charge on any atom is 0.255 e. The Morgan fingerprint density at radius 1 is 1.07 bits per heavy atom. The lowest BCUT2D eigenvalue weighted by Crippen LogP contribution is -2.28. The van der Waals surface area contributed by atoms with Crippen LogP contribution in [0.2, 0.25) is 0 Å². The van der Waals surface area contributed by atoms with Gasteiger partial charge in [-0.05, 0) is 60.2 Å². The molecule has 1 amide bonds. The molecule has 3 rings (SSSR count). The van der Waals surface area contributed by atoms with Gasteiger partial charge in [0.25, 0.3) is 5.91 Å². The highest BCUT2D eigenvalue weighted by molar-refractivity contribution is 5.96.